The van der Waals surface area contributed by atoms with Gasteiger partial charge in [-0.1, -0.05) is 23.8 Å². The summed E-state index contributed by atoms with van der Waals surface area (Å²) in [7, 11) is -3.81. The Balaban J connectivity index is 2.55. The van der Waals surface area contributed by atoms with Gasteiger partial charge < -0.3 is 9.84 Å². The summed E-state index contributed by atoms with van der Waals surface area (Å²) in [5, 5.41) is 10.2. The lowest BCUT2D eigenvalue weighted by atomic mass is 10.0. The van der Waals surface area contributed by atoms with Gasteiger partial charge in [0.05, 0.1) is 4.90 Å². The summed E-state index contributed by atoms with van der Waals surface area (Å²) in [6, 6.07) is 6.49. The Kier molecular flexibility index (Phi) is 3.12. The zero-order chi connectivity index (χ0) is 14.5. The van der Waals surface area contributed by atoms with Crippen LogP contribution in [-0.2, 0) is 14.6 Å². The molecule has 4 nitrogen and oxygen atoms in total. The molecule has 0 aromatic heterocycles. The van der Waals surface area contributed by atoms with E-state index in [4.69, 9.17) is 4.74 Å². The first-order valence-corrected chi connectivity index (χ1v) is 7.49. The highest BCUT2D eigenvalue weighted by Crippen LogP contribution is 2.52. The van der Waals surface area contributed by atoms with E-state index in [1.165, 1.54) is 32.1 Å². The lowest BCUT2D eigenvalue weighted by Crippen LogP contribution is -2.47. The van der Waals surface area contributed by atoms with Gasteiger partial charge in [0.25, 0.3) is 0 Å². The molecule has 0 radical (unpaired) electrons. The van der Waals surface area contributed by atoms with Gasteiger partial charge in [-0.15, -0.1) is 6.58 Å². The smallest absolute Gasteiger partial charge is 0.232 e. The third kappa shape index (κ3) is 1.93. The van der Waals surface area contributed by atoms with Gasteiger partial charge in [-0.3, -0.25) is 0 Å². The molecule has 0 spiro atoms. The summed E-state index contributed by atoms with van der Waals surface area (Å²) >= 11 is 0. The third-order valence-corrected chi connectivity index (χ3v) is 5.94. The Hall–Kier alpha value is -1.17. The van der Waals surface area contributed by atoms with Crippen molar-refractivity contribution in [3.05, 3.63) is 42.5 Å². The van der Waals surface area contributed by atoms with Gasteiger partial charge >= 0.3 is 0 Å². The molecule has 1 heterocycles. The molecule has 5 heteroatoms. The Bertz CT molecular complexity index is 595. The minimum Gasteiger partial charge on any atom is -0.386 e. The van der Waals surface area contributed by atoms with Crippen LogP contribution in [-0.4, -0.2) is 30.2 Å². The molecule has 104 valence electrons. The van der Waals surface area contributed by atoms with Crippen molar-refractivity contribution in [2.75, 3.05) is 0 Å². The maximum atomic E-state index is 12.7. The van der Waals surface area contributed by atoms with E-state index in [1.54, 1.807) is 12.1 Å². The second kappa shape index (κ2) is 4.16. The highest BCUT2D eigenvalue weighted by atomic mass is 32.2. The quantitative estimate of drug-likeness (QED) is 0.675. The highest BCUT2D eigenvalue weighted by molar-refractivity contribution is 7.93. The number of ether oxygens (including phenoxy) is 1. The van der Waals surface area contributed by atoms with Crippen LogP contribution >= 0.6 is 0 Å². The van der Waals surface area contributed by atoms with Gasteiger partial charge in [0.1, 0.15) is 11.7 Å². The normalized spacial score (nSPS) is 27.1. The van der Waals surface area contributed by atoms with Crippen molar-refractivity contribution < 1.29 is 18.3 Å². The van der Waals surface area contributed by atoms with Gasteiger partial charge in [-0.25, -0.2) is 8.42 Å². The Morgan fingerprint density at radius 1 is 1.37 bits per heavy atom. The molecule has 1 aliphatic heterocycles. The number of aryl methyl sites for hydroxylation is 1. The van der Waals surface area contributed by atoms with Gasteiger partial charge in [0.2, 0.25) is 14.8 Å². The van der Waals surface area contributed by atoms with Gasteiger partial charge in [-0.2, -0.15) is 0 Å². The van der Waals surface area contributed by atoms with E-state index in [1.807, 2.05) is 6.92 Å². The summed E-state index contributed by atoms with van der Waals surface area (Å²) in [6.45, 7) is 8.30. The zero-order valence-electron chi connectivity index (χ0n) is 11.3. The fourth-order valence-corrected chi connectivity index (χ4v) is 4.42. The van der Waals surface area contributed by atoms with Crippen LogP contribution in [0.3, 0.4) is 0 Å². The highest BCUT2D eigenvalue weighted by Gasteiger charge is 2.73. The molecule has 0 amide bonds. The number of epoxide rings is 1. The van der Waals surface area contributed by atoms with Crippen molar-refractivity contribution in [1.82, 2.24) is 0 Å². The Labute approximate surface area is 113 Å². The lowest BCUT2D eigenvalue weighted by molar-refractivity contribution is 0.0300. The molecule has 1 aromatic carbocycles. The van der Waals surface area contributed by atoms with Crippen molar-refractivity contribution in [3.8, 4) is 0 Å². The maximum absolute atomic E-state index is 12.7. The van der Waals surface area contributed by atoms with E-state index < -0.39 is 26.5 Å². The van der Waals surface area contributed by atoms with Crippen molar-refractivity contribution in [2.45, 2.75) is 42.3 Å². The number of hydrogen-bond acceptors (Lipinski definition) is 4. The van der Waals surface area contributed by atoms with Crippen LogP contribution in [0.2, 0.25) is 0 Å². The zero-order valence-corrected chi connectivity index (χ0v) is 12.1. The second-order valence-electron chi connectivity index (χ2n) is 5.32. The standard InChI is InChI=1S/C14H18O4S/c1-5-12-14(18-12,13(3,4)15)19(16,17)11-8-6-10(2)7-9-11/h5-9,12,15H,1H2,2-4H3/t12-,14+/m0/s1. The van der Waals surface area contributed by atoms with Crippen LogP contribution in [0.4, 0.5) is 0 Å². The number of hydrogen-bond donors (Lipinski definition) is 1. The van der Waals surface area contributed by atoms with E-state index in [2.05, 4.69) is 6.58 Å². The molecule has 0 unspecified atom stereocenters. The topological polar surface area (TPSA) is 66.9 Å². The summed E-state index contributed by atoms with van der Waals surface area (Å²) in [5.41, 5.74) is -0.552. The lowest BCUT2D eigenvalue weighted by Gasteiger charge is -2.26. The first-order valence-electron chi connectivity index (χ1n) is 6.01. The van der Waals surface area contributed by atoms with E-state index in [0.717, 1.165) is 5.56 Å². The Morgan fingerprint density at radius 3 is 2.26 bits per heavy atom. The molecular formula is C14H18O4S. The largest absolute Gasteiger partial charge is 0.386 e. The molecule has 1 aliphatic rings. The summed E-state index contributed by atoms with van der Waals surface area (Å²) in [6.07, 6.45) is 0.711. The second-order valence-corrected chi connectivity index (χ2v) is 7.40. The van der Waals surface area contributed by atoms with E-state index >= 15 is 0 Å². The molecule has 0 aliphatic carbocycles. The molecule has 19 heavy (non-hydrogen) atoms. The molecule has 1 N–H and O–H groups in total. The third-order valence-electron chi connectivity index (χ3n) is 3.42. The number of sulfone groups is 1. The van der Waals surface area contributed by atoms with E-state index in [9.17, 15) is 13.5 Å². The van der Waals surface area contributed by atoms with Crippen LogP contribution in [0.25, 0.3) is 0 Å². The number of benzene rings is 1. The van der Waals surface area contributed by atoms with Crippen molar-refractivity contribution in [1.29, 1.82) is 0 Å². The summed E-state index contributed by atoms with van der Waals surface area (Å²) in [5.74, 6) is 0. The predicted molar refractivity (Wildman–Crippen MR) is 72.5 cm³/mol. The van der Waals surface area contributed by atoms with Crippen LogP contribution < -0.4 is 0 Å². The van der Waals surface area contributed by atoms with Gasteiger partial charge in [0.15, 0.2) is 0 Å². The van der Waals surface area contributed by atoms with Crippen LogP contribution in [0.15, 0.2) is 41.8 Å². The van der Waals surface area contributed by atoms with E-state index in [0.29, 0.717) is 0 Å². The molecule has 1 saturated heterocycles. The monoisotopic (exact) mass is 282 g/mol. The van der Waals surface area contributed by atoms with E-state index in [-0.39, 0.29) is 4.90 Å². The number of aliphatic hydroxyl groups is 1. The fourth-order valence-electron chi connectivity index (χ4n) is 2.29. The van der Waals surface area contributed by atoms with Gasteiger partial charge in [-0.05, 0) is 32.9 Å². The Morgan fingerprint density at radius 2 is 1.89 bits per heavy atom. The van der Waals surface area contributed by atoms with Crippen molar-refractivity contribution >= 4 is 9.84 Å². The molecule has 2 atom stereocenters. The average Bonchev–Trinajstić information content (AvgIpc) is 3.05. The average molecular weight is 282 g/mol. The van der Waals surface area contributed by atoms with Crippen LogP contribution in [0.1, 0.15) is 19.4 Å². The molecule has 0 saturated carbocycles. The number of rotatable bonds is 4. The minimum atomic E-state index is -3.81. The summed E-state index contributed by atoms with van der Waals surface area (Å²) in [4.78, 5) is -1.50. The molecular weight excluding hydrogens is 264 g/mol. The summed E-state index contributed by atoms with van der Waals surface area (Å²) < 4.78 is 30.7. The fraction of sp³-hybridized carbons (Fsp3) is 0.429. The first-order chi connectivity index (χ1) is 8.66. The maximum Gasteiger partial charge on any atom is 0.232 e. The van der Waals surface area contributed by atoms with Crippen molar-refractivity contribution in [3.63, 3.8) is 0 Å². The molecule has 0 bridgehead atoms. The molecule has 1 aromatic rings. The first kappa shape index (κ1) is 14.2. The molecule has 2 rings (SSSR count). The minimum absolute atomic E-state index is 0.143. The van der Waals surface area contributed by atoms with Crippen molar-refractivity contribution in [2.24, 2.45) is 0 Å². The van der Waals surface area contributed by atoms with Gasteiger partial charge in [0, 0.05) is 0 Å². The predicted octanol–water partition coefficient (Wildman–Crippen LogP) is 1.82. The SMILES string of the molecule is C=C[C@@H]1O[C@@]1(C(C)(C)O)S(=O)(=O)c1ccc(C)cc1. The van der Waals surface area contributed by atoms with Crippen LogP contribution in [0.5, 0.6) is 0 Å². The van der Waals surface area contributed by atoms with Crippen LogP contribution in [0, 0.1) is 6.92 Å². The molecule has 1 fully saturated rings.